The van der Waals surface area contributed by atoms with Crippen molar-refractivity contribution in [2.24, 2.45) is 5.92 Å². The molecule has 0 spiro atoms. The third-order valence-corrected chi connectivity index (χ3v) is 5.92. The average Bonchev–Trinajstić information content (AvgIpc) is 3.16. The molecule has 186 valence electrons. The van der Waals surface area contributed by atoms with Gasteiger partial charge < -0.3 is 24.6 Å². The Morgan fingerprint density at radius 2 is 1.97 bits per heavy atom. The summed E-state index contributed by atoms with van der Waals surface area (Å²) in [7, 11) is 0. The summed E-state index contributed by atoms with van der Waals surface area (Å²) < 4.78 is 25.1. The number of nitrogens with one attached hydrogen (secondary N) is 1. The zero-order valence-corrected chi connectivity index (χ0v) is 20.5. The van der Waals surface area contributed by atoms with E-state index >= 15 is 0 Å². The van der Waals surface area contributed by atoms with Gasteiger partial charge in [-0.2, -0.15) is 0 Å². The van der Waals surface area contributed by atoms with Gasteiger partial charge in [-0.05, 0) is 24.1 Å². The number of carbonyl (C=O) groups is 3. The maximum atomic E-state index is 15.0. The molecule has 2 fully saturated rings. The Labute approximate surface area is 204 Å². The molecule has 2 aliphatic rings. The highest BCUT2D eigenvalue weighted by Crippen LogP contribution is 2.28. The molecule has 0 saturated carbocycles. The van der Waals surface area contributed by atoms with Crippen molar-refractivity contribution in [1.82, 2.24) is 10.2 Å². The number of esters is 1. The van der Waals surface area contributed by atoms with Gasteiger partial charge in [0.05, 0.1) is 29.5 Å². The zero-order chi connectivity index (χ0) is 24.8. The number of halogens is 1. The molecular weight excluding hydrogens is 463 g/mol. The number of anilines is 2. The predicted octanol–water partition coefficient (Wildman–Crippen LogP) is 2.33. The SMILES string of the molecule is CC(=O)OCC(=O)N1CCN(c2ccc(N3C[C@H](CNC(=S)CC(C)C)OC3=O)cc2F)CC1. The second kappa shape index (κ2) is 11.5. The van der Waals surface area contributed by atoms with Crippen LogP contribution in [-0.2, 0) is 19.1 Å². The minimum Gasteiger partial charge on any atom is -0.456 e. The first kappa shape index (κ1) is 25.7. The summed E-state index contributed by atoms with van der Waals surface area (Å²) in [5, 5.41) is 3.13. The fraction of sp³-hybridized carbons (Fsp3) is 0.565. The molecule has 11 heteroatoms. The van der Waals surface area contributed by atoms with Crippen LogP contribution >= 0.6 is 12.2 Å². The second-order valence-electron chi connectivity index (χ2n) is 8.80. The Morgan fingerprint density at radius 3 is 2.59 bits per heavy atom. The largest absolute Gasteiger partial charge is 0.456 e. The lowest BCUT2D eigenvalue weighted by Gasteiger charge is -2.36. The molecule has 9 nitrogen and oxygen atoms in total. The lowest BCUT2D eigenvalue weighted by Crippen LogP contribution is -2.50. The first-order valence-corrected chi connectivity index (χ1v) is 11.8. The number of carbonyl (C=O) groups excluding carboxylic acids is 3. The van der Waals surface area contributed by atoms with Crippen LogP contribution in [0.15, 0.2) is 18.2 Å². The van der Waals surface area contributed by atoms with E-state index in [4.69, 9.17) is 21.7 Å². The van der Waals surface area contributed by atoms with E-state index in [1.54, 1.807) is 17.0 Å². The highest BCUT2D eigenvalue weighted by molar-refractivity contribution is 7.80. The Hall–Kier alpha value is -2.95. The molecule has 1 atom stereocenters. The molecular formula is C23H31FN4O5S. The van der Waals surface area contributed by atoms with Crippen molar-refractivity contribution in [3.63, 3.8) is 0 Å². The molecule has 2 amide bonds. The molecule has 0 bridgehead atoms. The van der Waals surface area contributed by atoms with Crippen LogP contribution in [0.4, 0.5) is 20.6 Å². The maximum absolute atomic E-state index is 15.0. The minimum atomic E-state index is -0.520. The van der Waals surface area contributed by atoms with E-state index in [1.165, 1.54) is 17.9 Å². The number of piperazine rings is 1. The Morgan fingerprint density at radius 1 is 1.26 bits per heavy atom. The number of ether oxygens (including phenoxy) is 2. The van der Waals surface area contributed by atoms with E-state index in [0.29, 0.717) is 56.6 Å². The van der Waals surface area contributed by atoms with Gasteiger partial charge in [-0.25, -0.2) is 9.18 Å². The lowest BCUT2D eigenvalue weighted by atomic mass is 10.1. The fourth-order valence-electron chi connectivity index (χ4n) is 3.88. The summed E-state index contributed by atoms with van der Waals surface area (Å²) in [6, 6.07) is 4.66. The normalized spacial score (nSPS) is 18.2. The smallest absolute Gasteiger partial charge is 0.414 e. The van der Waals surface area contributed by atoms with Crippen LogP contribution in [0.25, 0.3) is 0 Å². The molecule has 0 radical (unpaired) electrons. The summed E-state index contributed by atoms with van der Waals surface area (Å²) in [5.41, 5.74) is 0.828. The highest BCUT2D eigenvalue weighted by Gasteiger charge is 2.33. The van der Waals surface area contributed by atoms with Gasteiger partial charge in [-0.15, -0.1) is 0 Å². The van der Waals surface area contributed by atoms with Gasteiger partial charge in [0.15, 0.2) is 6.61 Å². The van der Waals surface area contributed by atoms with Crippen molar-refractivity contribution in [2.45, 2.75) is 33.3 Å². The van der Waals surface area contributed by atoms with Gasteiger partial charge in [-0.3, -0.25) is 14.5 Å². The van der Waals surface area contributed by atoms with E-state index in [9.17, 15) is 18.8 Å². The Balaban J connectivity index is 1.54. The molecule has 0 aliphatic carbocycles. The van der Waals surface area contributed by atoms with Gasteiger partial charge in [0.2, 0.25) is 0 Å². The molecule has 3 rings (SSSR count). The third kappa shape index (κ3) is 6.78. The standard InChI is InChI=1S/C23H31FN4O5S/c1-15(2)10-21(34)25-12-18-13-28(23(31)33-18)17-4-5-20(19(24)11-17)26-6-8-27(9-7-26)22(30)14-32-16(3)29/h4-5,11,15,18H,6-10,12-14H2,1-3H3,(H,25,34)/t18-/m0/s1. The van der Waals surface area contributed by atoms with Crippen molar-refractivity contribution in [3.8, 4) is 0 Å². The van der Waals surface area contributed by atoms with Crippen LogP contribution in [0, 0.1) is 11.7 Å². The first-order valence-electron chi connectivity index (χ1n) is 11.3. The van der Waals surface area contributed by atoms with Crippen LogP contribution in [0.2, 0.25) is 0 Å². The summed E-state index contributed by atoms with van der Waals surface area (Å²) >= 11 is 5.29. The summed E-state index contributed by atoms with van der Waals surface area (Å²) in [5.74, 6) is -0.793. The third-order valence-electron chi connectivity index (χ3n) is 5.61. The number of benzene rings is 1. The van der Waals surface area contributed by atoms with Gasteiger partial charge in [-0.1, -0.05) is 26.1 Å². The summed E-state index contributed by atoms with van der Waals surface area (Å²) in [6.45, 7) is 7.51. The quantitative estimate of drug-likeness (QED) is 0.435. The number of cyclic esters (lactones) is 1. The van der Waals surface area contributed by atoms with Crippen LogP contribution in [0.1, 0.15) is 27.2 Å². The molecule has 2 saturated heterocycles. The minimum absolute atomic E-state index is 0.271. The second-order valence-corrected chi connectivity index (χ2v) is 9.30. The highest BCUT2D eigenvalue weighted by atomic mass is 32.1. The van der Waals surface area contributed by atoms with Crippen molar-refractivity contribution < 1.29 is 28.2 Å². The monoisotopic (exact) mass is 494 g/mol. The Bertz CT molecular complexity index is 936. The number of thiocarbonyl (C=S) groups is 1. The van der Waals surface area contributed by atoms with Gasteiger partial charge >= 0.3 is 12.1 Å². The van der Waals surface area contributed by atoms with E-state index in [0.717, 1.165) is 11.4 Å². The average molecular weight is 495 g/mol. The van der Waals surface area contributed by atoms with Crippen LogP contribution in [0.3, 0.4) is 0 Å². The number of hydrogen-bond acceptors (Lipinski definition) is 7. The fourth-order valence-corrected chi connectivity index (χ4v) is 4.30. The van der Waals surface area contributed by atoms with E-state index in [-0.39, 0.29) is 18.6 Å². The van der Waals surface area contributed by atoms with Crippen molar-refractivity contribution in [2.75, 3.05) is 55.7 Å². The Kier molecular flexibility index (Phi) is 8.65. The summed E-state index contributed by atoms with van der Waals surface area (Å²) in [4.78, 5) is 40.9. The van der Waals surface area contributed by atoms with E-state index in [2.05, 4.69) is 19.2 Å². The first-order chi connectivity index (χ1) is 16.1. The molecule has 34 heavy (non-hydrogen) atoms. The van der Waals surface area contributed by atoms with Gasteiger partial charge in [0, 0.05) is 39.5 Å². The summed E-state index contributed by atoms with van der Waals surface area (Å²) in [6.07, 6.45) is -0.132. The molecule has 1 N–H and O–H groups in total. The van der Waals surface area contributed by atoms with Crippen LogP contribution in [-0.4, -0.2) is 79.8 Å². The van der Waals surface area contributed by atoms with E-state index < -0.39 is 17.9 Å². The van der Waals surface area contributed by atoms with Crippen LogP contribution < -0.4 is 15.1 Å². The molecule has 0 aromatic heterocycles. The molecule has 1 aromatic carbocycles. The van der Waals surface area contributed by atoms with Gasteiger partial charge in [0.1, 0.15) is 11.9 Å². The van der Waals surface area contributed by atoms with E-state index in [1.807, 2.05) is 4.90 Å². The molecule has 0 unspecified atom stereocenters. The zero-order valence-electron chi connectivity index (χ0n) is 19.7. The molecule has 2 aliphatic heterocycles. The number of amides is 2. The maximum Gasteiger partial charge on any atom is 0.414 e. The van der Waals surface area contributed by atoms with Crippen molar-refractivity contribution in [3.05, 3.63) is 24.0 Å². The van der Waals surface area contributed by atoms with Crippen molar-refractivity contribution >= 4 is 46.6 Å². The van der Waals surface area contributed by atoms with Crippen LogP contribution in [0.5, 0.6) is 0 Å². The lowest BCUT2D eigenvalue weighted by molar-refractivity contribution is -0.150. The number of hydrogen-bond donors (Lipinski definition) is 1. The van der Waals surface area contributed by atoms with Gasteiger partial charge in [0.25, 0.3) is 5.91 Å². The topological polar surface area (TPSA) is 91.4 Å². The number of rotatable bonds is 8. The predicted molar refractivity (Wildman–Crippen MR) is 129 cm³/mol. The number of nitrogens with zero attached hydrogens (tertiary/aromatic N) is 3. The van der Waals surface area contributed by atoms with Crippen molar-refractivity contribution in [1.29, 1.82) is 0 Å². The molecule has 1 aromatic rings. The molecule has 2 heterocycles.